The summed E-state index contributed by atoms with van der Waals surface area (Å²) in [6.07, 6.45) is 2.23. The van der Waals surface area contributed by atoms with Crippen LogP contribution in [0.5, 0.6) is 0 Å². The molecule has 1 saturated heterocycles. The minimum atomic E-state index is -0.304. The van der Waals surface area contributed by atoms with Gasteiger partial charge in [0.2, 0.25) is 11.8 Å². The highest BCUT2D eigenvalue weighted by Gasteiger charge is 2.61. The van der Waals surface area contributed by atoms with Crippen molar-refractivity contribution in [1.82, 2.24) is 9.80 Å². The molecule has 1 aliphatic heterocycles. The lowest BCUT2D eigenvalue weighted by Gasteiger charge is -2.34. The van der Waals surface area contributed by atoms with E-state index in [2.05, 4.69) is 33.8 Å². The Hall–Kier alpha value is -1.36. The lowest BCUT2D eigenvalue weighted by molar-refractivity contribution is -0.135. The lowest BCUT2D eigenvalue weighted by atomic mass is 10.1. The van der Waals surface area contributed by atoms with Crippen LogP contribution in [0.1, 0.15) is 27.7 Å². The van der Waals surface area contributed by atoms with E-state index in [1.54, 1.807) is 0 Å². The van der Waals surface area contributed by atoms with Gasteiger partial charge < -0.3 is 10.6 Å². The van der Waals surface area contributed by atoms with Crippen molar-refractivity contribution in [3.63, 3.8) is 0 Å². The Labute approximate surface area is 127 Å². The molecule has 1 heterocycles. The van der Waals surface area contributed by atoms with Crippen molar-refractivity contribution in [2.45, 2.75) is 27.7 Å². The molecule has 2 amide bonds. The van der Waals surface area contributed by atoms with E-state index >= 15 is 0 Å². The van der Waals surface area contributed by atoms with Gasteiger partial charge in [-0.05, 0) is 25.2 Å². The van der Waals surface area contributed by atoms with E-state index in [0.29, 0.717) is 19.0 Å². The molecule has 118 valence electrons. The first-order valence-corrected chi connectivity index (χ1v) is 7.68. The fourth-order valence-corrected chi connectivity index (χ4v) is 3.36. The monoisotopic (exact) mass is 293 g/mol. The minimum Gasteiger partial charge on any atom is -0.369 e. The fraction of sp³-hybridized carbons (Fsp3) is 0.750. The second-order valence-corrected chi connectivity index (χ2v) is 7.14. The number of piperazine rings is 1. The summed E-state index contributed by atoms with van der Waals surface area (Å²) < 4.78 is 0. The van der Waals surface area contributed by atoms with Gasteiger partial charge >= 0.3 is 0 Å². The zero-order valence-electron chi connectivity index (χ0n) is 13.6. The topological polar surface area (TPSA) is 66.6 Å². The van der Waals surface area contributed by atoms with Crippen LogP contribution in [-0.4, -0.2) is 54.3 Å². The molecule has 2 aliphatic rings. The summed E-state index contributed by atoms with van der Waals surface area (Å²) in [6.45, 7) is 11.6. The van der Waals surface area contributed by atoms with E-state index in [4.69, 9.17) is 5.73 Å². The molecule has 0 aromatic rings. The Balaban J connectivity index is 1.91. The second-order valence-electron chi connectivity index (χ2n) is 7.14. The number of hydrogen-bond acceptors (Lipinski definition) is 3. The van der Waals surface area contributed by atoms with Gasteiger partial charge in [0, 0.05) is 26.2 Å². The van der Waals surface area contributed by atoms with Crippen LogP contribution in [-0.2, 0) is 9.59 Å². The van der Waals surface area contributed by atoms with E-state index in [0.717, 1.165) is 13.1 Å². The van der Waals surface area contributed by atoms with E-state index in [-0.39, 0.29) is 29.7 Å². The summed E-state index contributed by atoms with van der Waals surface area (Å²) >= 11 is 0. The van der Waals surface area contributed by atoms with Crippen LogP contribution in [0, 0.1) is 17.3 Å². The van der Waals surface area contributed by atoms with Crippen molar-refractivity contribution in [3.05, 3.63) is 11.6 Å². The second kappa shape index (κ2) is 5.79. The first kappa shape index (κ1) is 16.0. The fourth-order valence-electron chi connectivity index (χ4n) is 3.36. The van der Waals surface area contributed by atoms with Crippen molar-refractivity contribution in [2.24, 2.45) is 23.0 Å². The molecule has 0 unspecified atom stereocenters. The zero-order valence-corrected chi connectivity index (χ0v) is 13.6. The first-order chi connectivity index (χ1) is 9.73. The van der Waals surface area contributed by atoms with Crippen LogP contribution in [0.2, 0.25) is 0 Å². The summed E-state index contributed by atoms with van der Waals surface area (Å²) in [4.78, 5) is 27.6. The molecule has 0 radical (unpaired) electrons. The standard InChI is InChI=1S/C16H27N3O2/c1-11(2)9-12-14(16(12,3)4)15(21)19-7-5-18(6-8-19)10-13(17)20/h9,12,14H,5-8,10H2,1-4H3,(H2,17,20)/t12-,14+/m0/s1. The number of allylic oxidation sites excluding steroid dienone is 2. The SMILES string of the molecule is CC(C)=C[C@H]1[C@H](C(=O)N2CCN(CC(N)=O)CC2)C1(C)C. The van der Waals surface area contributed by atoms with Crippen LogP contribution >= 0.6 is 0 Å². The maximum atomic E-state index is 12.7. The predicted octanol–water partition coefficient (Wildman–Crippen LogP) is 0.854. The lowest BCUT2D eigenvalue weighted by Crippen LogP contribution is -2.51. The summed E-state index contributed by atoms with van der Waals surface area (Å²) in [7, 11) is 0. The number of amides is 2. The summed E-state index contributed by atoms with van der Waals surface area (Å²) in [6, 6.07) is 0. The summed E-state index contributed by atoms with van der Waals surface area (Å²) in [5.74, 6) is 0.427. The van der Waals surface area contributed by atoms with Crippen LogP contribution in [0.15, 0.2) is 11.6 Å². The highest BCUT2D eigenvalue weighted by atomic mass is 16.2. The average Bonchev–Trinajstić information content (AvgIpc) is 2.89. The number of rotatable bonds is 4. The summed E-state index contributed by atoms with van der Waals surface area (Å²) in [5, 5.41) is 0. The number of hydrogen-bond donors (Lipinski definition) is 1. The molecule has 21 heavy (non-hydrogen) atoms. The maximum absolute atomic E-state index is 12.7. The van der Waals surface area contributed by atoms with Gasteiger partial charge in [-0.25, -0.2) is 0 Å². The summed E-state index contributed by atoms with van der Waals surface area (Å²) in [5.41, 5.74) is 6.55. The molecule has 2 fully saturated rings. The zero-order chi connectivity index (χ0) is 15.8. The van der Waals surface area contributed by atoms with Gasteiger partial charge in [-0.15, -0.1) is 0 Å². The largest absolute Gasteiger partial charge is 0.369 e. The highest BCUT2D eigenvalue weighted by Crippen LogP contribution is 2.60. The molecule has 1 aliphatic carbocycles. The van der Waals surface area contributed by atoms with E-state index in [9.17, 15) is 9.59 Å². The van der Waals surface area contributed by atoms with Gasteiger partial charge in [-0.2, -0.15) is 0 Å². The molecule has 5 heteroatoms. The van der Waals surface area contributed by atoms with Gasteiger partial charge in [0.25, 0.3) is 0 Å². The third-order valence-electron chi connectivity index (χ3n) is 4.75. The first-order valence-electron chi connectivity index (χ1n) is 7.68. The van der Waals surface area contributed by atoms with Crippen molar-refractivity contribution in [2.75, 3.05) is 32.7 Å². The molecule has 2 atom stereocenters. The number of primary amides is 1. The van der Waals surface area contributed by atoms with Gasteiger partial charge in [0.05, 0.1) is 12.5 Å². The number of carbonyl (C=O) groups excluding carboxylic acids is 2. The Morgan fingerprint density at radius 2 is 1.76 bits per heavy atom. The maximum Gasteiger partial charge on any atom is 0.231 e. The predicted molar refractivity (Wildman–Crippen MR) is 82.4 cm³/mol. The smallest absolute Gasteiger partial charge is 0.231 e. The van der Waals surface area contributed by atoms with Crippen molar-refractivity contribution < 1.29 is 9.59 Å². The van der Waals surface area contributed by atoms with Crippen LogP contribution < -0.4 is 5.73 Å². The normalized spacial score (nSPS) is 28.1. The van der Waals surface area contributed by atoms with Gasteiger partial charge in [-0.1, -0.05) is 25.5 Å². The Bertz CT molecular complexity index is 458. The Morgan fingerprint density at radius 3 is 2.24 bits per heavy atom. The molecule has 2 rings (SSSR count). The molecular weight excluding hydrogens is 266 g/mol. The quantitative estimate of drug-likeness (QED) is 0.782. The number of nitrogens with zero attached hydrogens (tertiary/aromatic N) is 2. The van der Waals surface area contributed by atoms with Gasteiger partial charge in [0.15, 0.2) is 0 Å². The molecule has 0 bridgehead atoms. The number of carbonyl (C=O) groups is 2. The van der Waals surface area contributed by atoms with Crippen LogP contribution in [0.25, 0.3) is 0 Å². The van der Waals surface area contributed by atoms with E-state index in [1.165, 1.54) is 5.57 Å². The third kappa shape index (κ3) is 3.46. The molecule has 0 spiro atoms. The third-order valence-corrected chi connectivity index (χ3v) is 4.75. The Morgan fingerprint density at radius 1 is 1.19 bits per heavy atom. The molecule has 5 nitrogen and oxygen atoms in total. The van der Waals surface area contributed by atoms with E-state index in [1.807, 2.05) is 9.80 Å². The molecular formula is C16H27N3O2. The van der Waals surface area contributed by atoms with E-state index < -0.39 is 0 Å². The number of nitrogens with two attached hydrogens (primary N) is 1. The Kier molecular flexibility index (Phi) is 4.42. The minimum absolute atomic E-state index is 0.0682. The van der Waals surface area contributed by atoms with Crippen molar-refractivity contribution in [3.8, 4) is 0 Å². The van der Waals surface area contributed by atoms with Crippen LogP contribution in [0.3, 0.4) is 0 Å². The van der Waals surface area contributed by atoms with Gasteiger partial charge in [-0.3, -0.25) is 14.5 Å². The van der Waals surface area contributed by atoms with Gasteiger partial charge in [0.1, 0.15) is 0 Å². The molecule has 1 saturated carbocycles. The molecule has 0 aromatic heterocycles. The molecule has 2 N–H and O–H groups in total. The van der Waals surface area contributed by atoms with Crippen molar-refractivity contribution in [1.29, 1.82) is 0 Å². The average molecular weight is 293 g/mol. The van der Waals surface area contributed by atoms with Crippen molar-refractivity contribution >= 4 is 11.8 Å². The van der Waals surface area contributed by atoms with Crippen LogP contribution in [0.4, 0.5) is 0 Å². The molecule has 0 aromatic carbocycles. The highest BCUT2D eigenvalue weighted by molar-refractivity contribution is 5.84.